The first-order valence-corrected chi connectivity index (χ1v) is 11.0. The van der Waals surface area contributed by atoms with Crippen LogP contribution in [0.4, 0.5) is 0 Å². The van der Waals surface area contributed by atoms with Crippen LogP contribution in [0.5, 0.6) is 0 Å². The fraction of sp³-hybridized carbons (Fsp3) is 0.421. The second kappa shape index (κ2) is 9.03. The number of carbonyl (C=O) groups excluding carboxylic acids is 1. The largest absolute Gasteiger partial charge is 0.468 e. The number of halogens is 1. The molecule has 0 bridgehead atoms. The number of nitrogens with zero attached hydrogens (tertiary/aromatic N) is 1. The molecule has 0 aliphatic rings. The van der Waals surface area contributed by atoms with Crippen molar-refractivity contribution in [3.8, 4) is 0 Å². The Balaban J connectivity index is 2.22. The zero-order valence-electron chi connectivity index (χ0n) is 15.9. The molecule has 0 saturated carbocycles. The summed E-state index contributed by atoms with van der Waals surface area (Å²) >= 11 is 3.36. The summed E-state index contributed by atoms with van der Waals surface area (Å²) in [6.45, 7) is 6.22. The lowest BCUT2D eigenvalue weighted by Crippen LogP contribution is -2.36. The van der Waals surface area contributed by atoms with Gasteiger partial charge >= 0.3 is 0 Å². The van der Waals surface area contributed by atoms with E-state index in [1.807, 2.05) is 6.92 Å². The number of carbonyl (C=O) groups is 1. The van der Waals surface area contributed by atoms with Gasteiger partial charge in [-0.3, -0.25) is 4.79 Å². The first-order valence-electron chi connectivity index (χ1n) is 8.70. The predicted octanol–water partition coefficient (Wildman–Crippen LogP) is 4.03. The van der Waals surface area contributed by atoms with Crippen LogP contribution in [-0.4, -0.2) is 32.3 Å². The lowest BCUT2D eigenvalue weighted by molar-refractivity contribution is 0.0727. The highest BCUT2D eigenvalue weighted by Gasteiger charge is 2.23. The van der Waals surface area contributed by atoms with Crippen LogP contribution in [0.25, 0.3) is 0 Å². The van der Waals surface area contributed by atoms with E-state index in [2.05, 4.69) is 34.5 Å². The van der Waals surface area contributed by atoms with Gasteiger partial charge in [0.05, 0.1) is 23.3 Å². The normalized spacial score (nSPS) is 13.0. The Morgan fingerprint density at radius 1 is 1.26 bits per heavy atom. The Hall–Kier alpha value is -1.64. The smallest absolute Gasteiger partial charge is 0.255 e. The SMILES string of the molecule is CC(C)CC(C)N(C)C(=O)c1cc(S(=O)(=O)NCc2ccco2)ccc1Br. The molecule has 1 N–H and O–H groups in total. The van der Waals surface area contributed by atoms with Gasteiger partial charge in [-0.05, 0) is 65.5 Å². The zero-order chi connectivity index (χ0) is 20.2. The molecule has 1 atom stereocenters. The third-order valence-corrected chi connectivity index (χ3v) is 6.38. The summed E-state index contributed by atoms with van der Waals surface area (Å²) in [4.78, 5) is 14.6. The minimum atomic E-state index is -3.78. The first-order chi connectivity index (χ1) is 12.6. The van der Waals surface area contributed by atoms with Crippen LogP contribution in [-0.2, 0) is 16.6 Å². The number of amides is 1. The van der Waals surface area contributed by atoms with Crippen molar-refractivity contribution >= 4 is 31.9 Å². The van der Waals surface area contributed by atoms with Gasteiger partial charge in [0, 0.05) is 17.6 Å². The minimum Gasteiger partial charge on any atom is -0.468 e. The molecule has 0 aliphatic carbocycles. The average molecular weight is 457 g/mol. The second-order valence-corrected chi connectivity index (χ2v) is 9.56. The Bertz CT molecular complexity index is 879. The van der Waals surface area contributed by atoms with Gasteiger partial charge < -0.3 is 9.32 Å². The standard InChI is InChI=1S/C19H25BrN2O4S/c1-13(2)10-14(3)22(4)19(23)17-11-16(7-8-18(17)20)27(24,25)21-12-15-6-5-9-26-15/h5-9,11,13-14,21H,10,12H2,1-4H3. The molecule has 1 heterocycles. The molecule has 0 aliphatic heterocycles. The van der Waals surface area contributed by atoms with E-state index in [1.165, 1.54) is 18.4 Å². The molecular formula is C19H25BrN2O4S. The van der Waals surface area contributed by atoms with Gasteiger partial charge in [-0.2, -0.15) is 0 Å². The van der Waals surface area contributed by atoms with Crippen LogP contribution in [0.1, 0.15) is 43.3 Å². The molecule has 1 aromatic heterocycles. The van der Waals surface area contributed by atoms with Gasteiger partial charge in [-0.25, -0.2) is 13.1 Å². The molecule has 6 nitrogen and oxygen atoms in total. The van der Waals surface area contributed by atoms with Crippen molar-refractivity contribution in [2.45, 2.75) is 44.7 Å². The summed E-state index contributed by atoms with van der Waals surface area (Å²) in [6.07, 6.45) is 2.34. The molecular weight excluding hydrogens is 432 g/mol. The number of nitrogens with one attached hydrogen (secondary N) is 1. The summed E-state index contributed by atoms with van der Waals surface area (Å²) in [6, 6.07) is 7.86. The van der Waals surface area contributed by atoms with E-state index in [0.717, 1.165) is 6.42 Å². The number of furan rings is 1. The summed E-state index contributed by atoms with van der Waals surface area (Å²) in [5.41, 5.74) is 0.314. The van der Waals surface area contributed by atoms with Gasteiger partial charge in [0.1, 0.15) is 5.76 Å². The van der Waals surface area contributed by atoms with Crippen molar-refractivity contribution in [3.05, 3.63) is 52.4 Å². The van der Waals surface area contributed by atoms with Crippen LogP contribution in [0.15, 0.2) is 50.4 Å². The molecule has 27 heavy (non-hydrogen) atoms. The van der Waals surface area contributed by atoms with Gasteiger partial charge in [0.15, 0.2) is 0 Å². The highest BCUT2D eigenvalue weighted by molar-refractivity contribution is 9.10. The van der Waals surface area contributed by atoms with Crippen molar-refractivity contribution in [1.29, 1.82) is 0 Å². The number of sulfonamides is 1. The third kappa shape index (κ3) is 5.67. The Morgan fingerprint density at radius 2 is 1.96 bits per heavy atom. The minimum absolute atomic E-state index is 0.0329. The van der Waals surface area contributed by atoms with Gasteiger partial charge in [-0.1, -0.05) is 13.8 Å². The Labute approximate surface area is 169 Å². The van der Waals surface area contributed by atoms with Crippen LogP contribution in [0.3, 0.4) is 0 Å². The monoisotopic (exact) mass is 456 g/mol. The van der Waals surface area contributed by atoms with Gasteiger partial charge in [0.2, 0.25) is 10.0 Å². The fourth-order valence-corrected chi connectivity index (χ4v) is 4.16. The molecule has 0 spiro atoms. The van der Waals surface area contributed by atoms with E-state index in [0.29, 0.717) is 21.7 Å². The molecule has 0 saturated heterocycles. The molecule has 148 valence electrons. The number of hydrogen-bond acceptors (Lipinski definition) is 4. The molecule has 2 rings (SSSR count). The quantitative estimate of drug-likeness (QED) is 0.649. The molecule has 1 unspecified atom stereocenters. The molecule has 1 amide bonds. The van der Waals surface area contributed by atoms with E-state index in [4.69, 9.17) is 4.42 Å². The summed E-state index contributed by atoms with van der Waals surface area (Å²) < 4.78 is 33.3. The molecule has 2 aromatic rings. The van der Waals surface area contributed by atoms with E-state index >= 15 is 0 Å². The van der Waals surface area contributed by atoms with Crippen LogP contribution < -0.4 is 4.72 Å². The maximum Gasteiger partial charge on any atom is 0.255 e. The van der Waals surface area contributed by atoms with Gasteiger partial charge in [0.25, 0.3) is 5.91 Å². The highest BCUT2D eigenvalue weighted by atomic mass is 79.9. The van der Waals surface area contributed by atoms with E-state index in [1.54, 1.807) is 30.1 Å². The van der Waals surface area contributed by atoms with Crippen molar-refractivity contribution in [2.24, 2.45) is 5.92 Å². The maximum absolute atomic E-state index is 12.9. The fourth-order valence-electron chi connectivity index (χ4n) is 2.73. The molecule has 8 heteroatoms. The third-order valence-electron chi connectivity index (χ3n) is 4.29. The summed E-state index contributed by atoms with van der Waals surface area (Å²) in [7, 11) is -2.04. The lowest BCUT2D eigenvalue weighted by Gasteiger charge is -2.27. The number of rotatable bonds is 8. The van der Waals surface area contributed by atoms with Crippen molar-refractivity contribution < 1.29 is 17.6 Å². The number of benzene rings is 1. The summed E-state index contributed by atoms with van der Waals surface area (Å²) in [5.74, 6) is 0.739. The average Bonchev–Trinajstić information content (AvgIpc) is 3.12. The maximum atomic E-state index is 12.9. The van der Waals surface area contributed by atoms with Crippen LogP contribution >= 0.6 is 15.9 Å². The Kier molecular flexibility index (Phi) is 7.25. The predicted molar refractivity (Wildman–Crippen MR) is 108 cm³/mol. The zero-order valence-corrected chi connectivity index (χ0v) is 18.3. The topological polar surface area (TPSA) is 79.6 Å². The lowest BCUT2D eigenvalue weighted by atomic mass is 10.0. The summed E-state index contributed by atoms with van der Waals surface area (Å²) in [5, 5.41) is 0. The molecule has 0 fully saturated rings. The van der Waals surface area contributed by atoms with Crippen molar-refractivity contribution in [1.82, 2.24) is 9.62 Å². The van der Waals surface area contributed by atoms with Crippen molar-refractivity contribution in [3.63, 3.8) is 0 Å². The van der Waals surface area contributed by atoms with E-state index in [-0.39, 0.29) is 23.4 Å². The number of hydrogen-bond donors (Lipinski definition) is 1. The first kappa shape index (κ1) is 21.7. The van der Waals surface area contributed by atoms with Gasteiger partial charge in [-0.15, -0.1) is 0 Å². The van der Waals surface area contributed by atoms with Crippen LogP contribution in [0, 0.1) is 5.92 Å². The Morgan fingerprint density at radius 3 is 2.56 bits per heavy atom. The van der Waals surface area contributed by atoms with Crippen molar-refractivity contribution in [2.75, 3.05) is 7.05 Å². The van der Waals surface area contributed by atoms with E-state index < -0.39 is 10.0 Å². The van der Waals surface area contributed by atoms with E-state index in [9.17, 15) is 13.2 Å². The van der Waals surface area contributed by atoms with Crippen LogP contribution in [0.2, 0.25) is 0 Å². The second-order valence-electron chi connectivity index (χ2n) is 6.94. The molecule has 1 aromatic carbocycles. The molecule has 0 radical (unpaired) electrons. The highest BCUT2D eigenvalue weighted by Crippen LogP contribution is 2.24.